The molecule has 2 atom stereocenters. The Morgan fingerprint density at radius 3 is 2.79 bits per heavy atom. The van der Waals surface area contributed by atoms with Gasteiger partial charge in [-0.3, -0.25) is 9.59 Å². The van der Waals surface area contributed by atoms with Gasteiger partial charge >= 0.3 is 5.97 Å². The van der Waals surface area contributed by atoms with Crippen LogP contribution in [-0.2, 0) is 16.6 Å². The second kappa shape index (κ2) is 8.67. The molecule has 9 heteroatoms. The zero-order valence-corrected chi connectivity index (χ0v) is 17.0. The highest BCUT2D eigenvalue weighted by Crippen LogP contribution is 2.32. The Morgan fingerprint density at radius 1 is 1.34 bits per heavy atom. The molecule has 0 unspecified atom stereocenters. The van der Waals surface area contributed by atoms with E-state index in [4.69, 9.17) is 9.47 Å². The molecule has 156 valence electrons. The van der Waals surface area contributed by atoms with Crippen molar-refractivity contribution < 1.29 is 23.5 Å². The first-order chi connectivity index (χ1) is 13.8. The lowest BCUT2D eigenvalue weighted by Gasteiger charge is -2.29. The molecule has 2 aromatic heterocycles. The molecule has 1 aliphatic carbocycles. The molecular formula is C20H25FN4O4. The molecule has 0 aliphatic heterocycles. The lowest BCUT2D eigenvalue weighted by atomic mass is 9.87. The normalized spacial score (nSPS) is 19.2. The van der Waals surface area contributed by atoms with E-state index in [0.717, 1.165) is 19.3 Å². The van der Waals surface area contributed by atoms with Crippen LogP contribution in [0.2, 0.25) is 0 Å². The van der Waals surface area contributed by atoms with Gasteiger partial charge in [0.15, 0.2) is 12.1 Å². The van der Waals surface area contributed by atoms with Crippen molar-refractivity contribution in [2.75, 3.05) is 0 Å². The average Bonchev–Trinajstić information content (AvgIpc) is 3.04. The monoisotopic (exact) mass is 404 g/mol. The summed E-state index contributed by atoms with van der Waals surface area (Å²) in [5.74, 6) is -0.775. The van der Waals surface area contributed by atoms with Crippen molar-refractivity contribution >= 4 is 12.3 Å². The third-order valence-electron chi connectivity index (χ3n) is 4.93. The van der Waals surface area contributed by atoms with Crippen LogP contribution in [0.3, 0.4) is 0 Å². The summed E-state index contributed by atoms with van der Waals surface area (Å²) in [4.78, 5) is 27.7. The van der Waals surface area contributed by atoms with Crippen LogP contribution in [0.15, 0.2) is 6.07 Å². The van der Waals surface area contributed by atoms with Gasteiger partial charge in [0.1, 0.15) is 22.8 Å². The number of hydrogen-bond acceptors (Lipinski definition) is 7. The molecule has 8 nitrogen and oxygen atoms in total. The van der Waals surface area contributed by atoms with Crippen LogP contribution in [0.25, 0.3) is 11.4 Å². The molecule has 0 radical (unpaired) electrons. The van der Waals surface area contributed by atoms with Gasteiger partial charge in [-0.25, -0.2) is 14.1 Å². The summed E-state index contributed by atoms with van der Waals surface area (Å²) in [7, 11) is 1.55. The van der Waals surface area contributed by atoms with Crippen LogP contribution in [0, 0.1) is 18.7 Å². The van der Waals surface area contributed by atoms with Gasteiger partial charge in [-0.15, -0.1) is 5.10 Å². The summed E-state index contributed by atoms with van der Waals surface area (Å²) in [5, 5.41) is 7.59. The Kier molecular flexibility index (Phi) is 6.24. The topological polar surface area (TPSA) is 96.2 Å². The van der Waals surface area contributed by atoms with E-state index in [1.807, 2.05) is 13.8 Å². The summed E-state index contributed by atoms with van der Waals surface area (Å²) >= 11 is 0. The number of halogens is 1. The molecule has 1 saturated carbocycles. The fourth-order valence-corrected chi connectivity index (χ4v) is 3.49. The number of aldehydes is 1. The summed E-state index contributed by atoms with van der Waals surface area (Å²) in [5.41, 5.74) is 0.648. The number of ether oxygens (including phenoxy) is 2. The highest BCUT2D eigenvalue weighted by atomic mass is 19.1. The van der Waals surface area contributed by atoms with Crippen molar-refractivity contribution in [3.05, 3.63) is 23.3 Å². The first-order valence-electron chi connectivity index (χ1n) is 9.69. The van der Waals surface area contributed by atoms with Crippen LogP contribution in [0.5, 0.6) is 5.75 Å². The maximum atomic E-state index is 14.7. The standard InChI is InChI=1S/C20H25FN4O4/c1-11(2)28-20(27)13-6-5-7-14(8-13)29-17-9-15(21)18(22-12(17)3)19-16(10-26)25(4)24-23-19/h9-11,13-14H,5-8H2,1-4H3/t13-,14-/m0/s1. The van der Waals surface area contributed by atoms with Gasteiger partial charge in [0.05, 0.1) is 23.8 Å². The Labute approximate surface area is 168 Å². The van der Waals surface area contributed by atoms with Crippen molar-refractivity contribution in [2.24, 2.45) is 13.0 Å². The number of carbonyl (C=O) groups is 2. The maximum Gasteiger partial charge on any atom is 0.309 e. The number of aromatic nitrogens is 4. The molecule has 29 heavy (non-hydrogen) atoms. The molecule has 0 spiro atoms. The summed E-state index contributed by atoms with van der Waals surface area (Å²) in [6.45, 7) is 5.34. The average molecular weight is 404 g/mol. The van der Waals surface area contributed by atoms with E-state index in [0.29, 0.717) is 24.2 Å². The predicted molar refractivity (Wildman–Crippen MR) is 102 cm³/mol. The minimum absolute atomic E-state index is 0.0490. The van der Waals surface area contributed by atoms with Crippen molar-refractivity contribution in [2.45, 2.75) is 58.7 Å². The summed E-state index contributed by atoms with van der Waals surface area (Å²) in [6, 6.07) is 1.25. The molecule has 0 aromatic carbocycles. The molecule has 0 saturated heterocycles. The first-order valence-corrected chi connectivity index (χ1v) is 9.69. The van der Waals surface area contributed by atoms with E-state index in [-0.39, 0.29) is 41.2 Å². The first kappa shape index (κ1) is 20.9. The van der Waals surface area contributed by atoms with E-state index >= 15 is 0 Å². The minimum Gasteiger partial charge on any atom is -0.488 e. The number of nitrogens with zero attached hydrogens (tertiary/aromatic N) is 4. The minimum atomic E-state index is -0.652. The van der Waals surface area contributed by atoms with Crippen molar-refractivity contribution in [3.63, 3.8) is 0 Å². The Hall–Kier alpha value is -2.84. The Bertz CT molecular complexity index is 912. The number of aryl methyl sites for hydroxylation is 2. The van der Waals surface area contributed by atoms with Crippen LogP contribution < -0.4 is 4.74 Å². The summed E-state index contributed by atoms with van der Waals surface area (Å²) < 4.78 is 27.3. The van der Waals surface area contributed by atoms with E-state index in [1.54, 1.807) is 14.0 Å². The van der Waals surface area contributed by atoms with Gasteiger partial charge in [-0.2, -0.15) is 0 Å². The van der Waals surface area contributed by atoms with Crippen LogP contribution in [0.1, 0.15) is 55.7 Å². The molecular weight excluding hydrogens is 379 g/mol. The molecule has 2 heterocycles. The molecule has 0 amide bonds. The SMILES string of the molecule is Cc1nc(-c2nnn(C)c2C=O)c(F)cc1O[C@H]1CCC[C@H](C(=O)OC(C)C)C1. The third kappa shape index (κ3) is 4.60. The van der Waals surface area contributed by atoms with Gasteiger partial charge in [0, 0.05) is 13.1 Å². The largest absolute Gasteiger partial charge is 0.488 e. The van der Waals surface area contributed by atoms with E-state index in [2.05, 4.69) is 15.3 Å². The van der Waals surface area contributed by atoms with Gasteiger partial charge in [0.2, 0.25) is 0 Å². The fraction of sp³-hybridized carbons (Fsp3) is 0.550. The summed E-state index contributed by atoms with van der Waals surface area (Å²) in [6.07, 6.45) is 3.07. The molecule has 3 rings (SSSR count). The maximum absolute atomic E-state index is 14.7. The Morgan fingerprint density at radius 2 is 2.10 bits per heavy atom. The predicted octanol–water partition coefficient (Wildman–Crippen LogP) is 3.03. The third-order valence-corrected chi connectivity index (χ3v) is 4.93. The zero-order chi connectivity index (χ0) is 21.1. The van der Waals surface area contributed by atoms with Crippen molar-refractivity contribution in [3.8, 4) is 17.1 Å². The van der Waals surface area contributed by atoms with Crippen LogP contribution >= 0.6 is 0 Å². The van der Waals surface area contributed by atoms with E-state index < -0.39 is 5.82 Å². The fourth-order valence-electron chi connectivity index (χ4n) is 3.49. The number of rotatable bonds is 6. The number of hydrogen-bond donors (Lipinski definition) is 0. The molecule has 1 fully saturated rings. The molecule has 1 aliphatic rings. The van der Waals surface area contributed by atoms with E-state index in [9.17, 15) is 14.0 Å². The highest BCUT2D eigenvalue weighted by molar-refractivity contribution is 5.82. The molecule has 0 N–H and O–H groups in total. The van der Waals surface area contributed by atoms with Gasteiger partial charge < -0.3 is 9.47 Å². The highest BCUT2D eigenvalue weighted by Gasteiger charge is 2.30. The zero-order valence-electron chi connectivity index (χ0n) is 17.0. The van der Waals surface area contributed by atoms with E-state index in [1.165, 1.54) is 10.7 Å². The number of esters is 1. The lowest BCUT2D eigenvalue weighted by molar-refractivity contribution is -0.154. The van der Waals surface area contributed by atoms with Crippen molar-refractivity contribution in [1.29, 1.82) is 0 Å². The van der Waals surface area contributed by atoms with Crippen LogP contribution in [0.4, 0.5) is 4.39 Å². The van der Waals surface area contributed by atoms with Crippen molar-refractivity contribution in [1.82, 2.24) is 20.0 Å². The molecule has 0 bridgehead atoms. The second-order valence-electron chi connectivity index (χ2n) is 7.56. The van der Waals surface area contributed by atoms with Gasteiger partial charge in [-0.1, -0.05) is 5.21 Å². The number of carbonyl (C=O) groups excluding carboxylic acids is 2. The lowest BCUT2D eigenvalue weighted by Crippen LogP contribution is -2.32. The number of pyridine rings is 1. The second-order valence-corrected chi connectivity index (χ2v) is 7.56. The molecule has 2 aromatic rings. The quantitative estimate of drug-likeness (QED) is 0.539. The van der Waals surface area contributed by atoms with Crippen LogP contribution in [-0.4, -0.2) is 44.4 Å². The Balaban J connectivity index is 1.77. The smallest absolute Gasteiger partial charge is 0.309 e. The van der Waals surface area contributed by atoms with Gasteiger partial charge in [0.25, 0.3) is 0 Å². The van der Waals surface area contributed by atoms with Gasteiger partial charge in [-0.05, 0) is 46.5 Å².